The largest absolute Gasteiger partial charge is 0.478 e. The number of nitrogens with zero attached hydrogens (tertiary/aromatic N) is 1. The normalized spacial score (nSPS) is 16.9. The minimum atomic E-state index is -0.949. The van der Waals surface area contributed by atoms with Crippen LogP contribution in [0.25, 0.3) is 22.2 Å². The van der Waals surface area contributed by atoms with E-state index < -0.39 is 5.97 Å². The number of aromatic nitrogens is 1. The summed E-state index contributed by atoms with van der Waals surface area (Å²) in [4.78, 5) is 24.2. The quantitative estimate of drug-likeness (QED) is 0.663. The molecule has 5 nitrogen and oxygen atoms in total. The van der Waals surface area contributed by atoms with E-state index in [0.29, 0.717) is 5.92 Å². The smallest absolute Gasteiger partial charge is 0.335 e. The first-order valence-corrected chi connectivity index (χ1v) is 9.92. The van der Waals surface area contributed by atoms with E-state index in [1.165, 1.54) is 24.8 Å². The molecule has 0 radical (unpaired) electrons. The molecule has 28 heavy (non-hydrogen) atoms. The first kappa shape index (κ1) is 17.0. The Bertz CT molecular complexity index is 1110. The maximum absolute atomic E-state index is 12.6. The number of rotatable bonds is 2. The molecule has 3 aromatic rings. The van der Waals surface area contributed by atoms with Gasteiger partial charge in [0.15, 0.2) is 0 Å². The molecular formula is C23H22N2O3. The average Bonchev–Trinajstić information content (AvgIpc) is 2.93. The number of aromatic carboxylic acids is 1. The van der Waals surface area contributed by atoms with Crippen LogP contribution < -0.4 is 5.32 Å². The molecule has 2 aromatic carbocycles. The Balaban J connectivity index is 1.87. The SMILES string of the molecule is O=C1Cn2c(c(C3CCCCC3)c3ccc(C(=O)O)cc32)-c2ccccc2N1. The van der Waals surface area contributed by atoms with E-state index in [2.05, 4.69) is 11.4 Å². The molecular weight excluding hydrogens is 352 g/mol. The van der Waals surface area contributed by atoms with E-state index in [1.807, 2.05) is 28.8 Å². The topological polar surface area (TPSA) is 71.3 Å². The van der Waals surface area contributed by atoms with Gasteiger partial charge in [-0.15, -0.1) is 0 Å². The highest BCUT2D eigenvalue weighted by Gasteiger charge is 2.30. The molecule has 2 aliphatic rings. The van der Waals surface area contributed by atoms with Crippen LogP contribution >= 0.6 is 0 Å². The van der Waals surface area contributed by atoms with Crippen LogP contribution in [0.1, 0.15) is 53.9 Å². The van der Waals surface area contributed by atoms with Crippen molar-refractivity contribution in [2.45, 2.75) is 44.6 Å². The van der Waals surface area contributed by atoms with Crippen LogP contribution in [-0.2, 0) is 11.3 Å². The van der Waals surface area contributed by atoms with Crippen molar-refractivity contribution in [2.24, 2.45) is 0 Å². The van der Waals surface area contributed by atoms with Gasteiger partial charge in [0.2, 0.25) is 5.91 Å². The van der Waals surface area contributed by atoms with E-state index in [0.717, 1.165) is 40.7 Å². The number of carbonyl (C=O) groups is 2. The number of carboxylic acid groups (broad SMARTS) is 1. The van der Waals surface area contributed by atoms with Crippen LogP contribution in [0.4, 0.5) is 5.69 Å². The predicted molar refractivity (Wildman–Crippen MR) is 109 cm³/mol. The number of benzene rings is 2. The van der Waals surface area contributed by atoms with Gasteiger partial charge in [0.05, 0.1) is 22.5 Å². The summed E-state index contributed by atoms with van der Waals surface area (Å²) in [6.07, 6.45) is 5.96. The Labute approximate surface area is 163 Å². The van der Waals surface area contributed by atoms with Crippen LogP contribution in [0, 0.1) is 0 Å². The van der Waals surface area contributed by atoms with Crippen molar-refractivity contribution in [3.05, 3.63) is 53.6 Å². The lowest BCUT2D eigenvalue weighted by Gasteiger charge is -2.23. The van der Waals surface area contributed by atoms with Crippen molar-refractivity contribution in [3.8, 4) is 11.3 Å². The molecule has 0 bridgehead atoms. The molecule has 1 aliphatic heterocycles. The molecule has 1 fully saturated rings. The highest BCUT2D eigenvalue weighted by molar-refractivity contribution is 6.04. The van der Waals surface area contributed by atoms with Crippen molar-refractivity contribution in [3.63, 3.8) is 0 Å². The van der Waals surface area contributed by atoms with E-state index in [4.69, 9.17) is 0 Å². The summed E-state index contributed by atoms with van der Waals surface area (Å²) in [5, 5.41) is 13.6. The molecule has 2 heterocycles. The highest BCUT2D eigenvalue weighted by Crippen LogP contribution is 2.46. The van der Waals surface area contributed by atoms with Gasteiger partial charge in [-0.05, 0) is 42.5 Å². The van der Waals surface area contributed by atoms with Crippen LogP contribution in [0.5, 0.6) is 0 Å². The molecule has 1 amide bonds. The number of hydrogen-bond acceptors (Lipinski definition) is 2. The lowest BCUT2D eigenvalue weighted by molar-refractivity contribution is -0.116. The first-order valence-electron chi connectivity index (χ1n) is 9.92. The van der Waals surface area contributed by atoms with Crippen molar-refractivity contribution >= 4 is 28.5 Å². The second-order valence-electron chi connectivity index (χ2n) is 7.81. The summed E-state index contributed by atoms with van der Waals surface area (Å²) in [6, 6.07) is 13.2. The van der Waals surface area contributed by atoms with Gasteiger partial charge in [-0.25, -0.2) is 4.79 Å². The molecule has 1 saturated carbocycles. The Morgan fingerprint density at radius 2 is 1.86 bits per heavy atom. The standard InChI is InChI=1S/C23H22N2O3/c26-20-13-25-19-12-15(23(27)28)10-11-17(19)21(14-6-2-1-3-7-14)22(25)16-8-4-5-9-18(16)24-20/h4-5,8-12,14H,1-3,6-7,13H2,(H,24,26)(H,27,28). The third-order valence-corrected chi connectivity index (χ3v) is 6.12. The van der Waals surface area contributed by atoms with Gasteiger partial charge in [0.25, 0.3) is 0 Å². The Morgan fingerprint density at radius 1 is 1.07 bits per heavy atom. The average molecular weight is 374 g/mol. The number of hydrogen-bond donors (Lipinski definition) is 2. The third-order valence-electron chi connectivity index (χ3n) is 6.12. The van der Waals surface area contributed by atoms with Gasteiger partial charge >= 0.3 is 5.97 Å². The van der Waals surface area contributed by atoms with E-state index in [1.54, 1.807) is 12.1 Å². The summed E-state index contributed by atoms with van der Waals surface area (Å²) in [5.41, 5.74) is 5.27. The number of fused-ring (bicyclic) bond motifs is 5. The molecule has 1 aromatic heterocycles. The Hall–Kier alpha value is -3.08. The summed E-state index contributed by atoms with van der Waals surface area (Å²) in [7, 11) is 0. The maximum Gasteiger partial charge on any atom is 0.335 e. The minimum absolute atomic E-state index is 0.0842. The molecule has 0 unspecified atom stereocenters. The fraction of sp³-hybridized carbons (Fsp3) is 0.304. The summed E-state index contributed by atoms with van der Waals surface area (Å²) in [5.74, 6) is -0.599. The number of para-hydroxylation sites is 1. The first-order chi connectivity index (χ1) is 13.6. The maximum atomic E-state index is 12.6. The van der Waals surface area contributed by atoms with E-state index in [9.17, 15) is 14.7 Å². The number of carbonyl (C=O) groups excluding carboxylic acids is 1. The zero-order chi connectivity index (χ0) is 19.3. The lowest BCUT2D eigenvalue weighted by atomic mass is 9.81. The van der Waals surface area contributed by atoms with Crippen LogP contribution in [0.15, 0.2) is 42.5 Å². The molecule has 5 heteroatoms. The van der Waals surface area contributed by atoms with Crippen LogP contribution in [-0.4, -0.2) is 21.6 Å². The van der Waals surface area contributed by atoms with E-state index >= 15 is 0 Å². The van der Waals surface area contributed by atoms with Gasteiger partial charge in [-0.3, -0.25) is 4.79 Å². The second-order valence-corrected chi connectivity index (χ2v) is 7.81. The minimum Gasteiger partial charge on any atom is -0.478 e. The number of carboxylic acids is 1. The van der Waals surface area contributed by atoms with Gasteiger partial charge < -0.3 is 15.0 Å². The van der Waals surface area contributed by atoms with Crippen molar-refractivity contribution in [1.29, 1.82) is 0 Å². The lowest BCUT2D eigenvalue weighted by Crippen LogP contribution is -2.16. The van der Waals surface area contributed by atoms with Gasteiger partial charge in [0.1, 0.15) is 6.54 Å². The number of amides is 1. The molecule has 0 atom stereocenters. The van der Waals surface area contributed by atoms with Crippen molar-refractivity contribution < 1.29 is 14.7 Å². The summed E-state index contributed by atoms with van der Waals surface area (Å²) < 4.78 is 2.02. The molecule has 2 N–H and O–H groups in total. The molecule has 5 rings (SSSR count). The Kier molecular flexibility index (Phi) is 3.97. The fourth-order valence-corrected chi connectivity index (χ4v) is 4.90. The van der Waals surface area contributed by atoms with Gasteiger partial charge in [0, 0.05) is 10.9 Å². The molecule has 1 aliphatic carbocycles. The molecule has 0 saturated heterocycles. The second kappa shape index (κ2) is 6.51. The van der Waals surface area contributed by atoms with Crippen molar-refractivity contribution in [2.75, 3.05) is 5.32 Å². The third kappa shape index (κ3) is 2.61. The molecule has 142 valence electrons. The predicted octanol–water partition coefficient (Wildman–Crippen LogP) is 5.01. The van der Waals surface area contributed by atoms with Gasteiger partial charge in [-0.2, -0.15) is 0 Å². The number of nitrogens with one attached hydrogen (secondary N) is 1. The summed E-state index contributed by atoms with van der Waals surface area (Å²) in [6.45, 7) is 0.191. The Morgan fingerprint density at radius 3 is 2.64 bits per heavy atom. The van der Waals surface area contributed by atoms with Crippen LogP contribution in [0.2, 0.25) is 0 Å². The summed E-state index contributed by atoms with van der Waals surface area (Å²) >= 11 is 0. The fourth-order valence-electron chi connectivity index (χ4n) is 4.90. The van der Waals surface area contributed by atoms with Gasteiger partial charge in [-0.1, -0.05) is 43.5 Å². The monoisotopic (exact) mass is 374 g/mol. The van der Waals surface area contributed by atoms with E-state index in [-0.39, 0.29) is 18.0 Å². The highest BCUT2D eigenvalue weighted by atomic mass is 16.4. The van der Waals surface area contributed by atoms with Crippen LogP contribution in [0.3, 0.4) is 0 Å². The van der Waals surface area contributed by atoms with Crippen molar-refractivity contribution in [1.82, 2.24) is 4.57 Å². The zero-order valence-corrected chi connectivity index (χ0v) is 15.6. The zero-order valence-electron chi connectivity index (χ0n) is 15.6. The number of anilines is 1. The molecule has 0 spiro atoms.